The third kappa shape index (κ3) is 3.61. The average molecular weight is 318 g/mol. The summed E-state index contributed by atoms with van der Waals surface area (Å²) < 4.78 is 0. The van der Waals surface area contributed by atoms with E-state index in [1.54, 1.807) is 12.1 Å². The highest BCUT2D eigenvalue weighted by molar-refractivity contribution is 5.82. The number of nitrogens with one attached hydrogen (secondary N) is 3. The van der Waals surface area contributed by atoms with Gasteiger partial charge in [0.1, 0.15) is 0 Å². The van der Waals surface area contributed by atoms with Crippen molar-refractivity contribution >= 4 is 17.3 Å². The molecular formula is C16H22N4O3. The van der Waals surface area contributed by atoms with Gasteiger partial charge in [0.05, 0.1) is 4.92 Å². The second-order valence-electron chi connectivity index (χ2n) is 6.39. The number of hydrogen-bond donors (Lipinski definition) is 3. The van der Waals surface area contributed by atoms with Gasteiger partial charge in [-0.3, -0.25) is 14.9 Å². The van der Waals surface area contributed by atoms with Gasteiger partial charge in [-0.1, -0.05) is 0 Å². The van der Waals surface area contributed by atoms with Crippen LogP contribution in [0, 0.1) is 21.4 Å². The highest BCUT2D eigenvalue weighted by atomic mass is 16.6. The zero-order valence-electron chi connectivity index (χ0n) is 13.0. The van der Waals surface area contributed by atoms with Crippen molar-refractivity contribution in [2.24, 2.45) is 11.3 Å². The van der Waals surface area contributed by atoms with Crippen molar-refractivity contribution in [2.45, 2.75) is 19.3 Å². The number of hydrogen-bond acceptors (Lipinski definition) is 5. The Labute approximate surface area is 135 Å². The van der Waals surface area contributed by atoms with Gasteiger partial charge in [0.25, 0.3) is 5.69 Å². The van der Waals surface area contributed by atoms with Crippen molar-refractivity contribution in [3.63, 3.8) is 0 Å². The summed E-state index contributed by atoms with van der Waals surface area (Å²) >= 11 is 0. The molecule has 1 saturated heterocycles. The zero-order valence-corrected chi connectivity index (χ0v) is 13.0. The van der Waals surface area contributed by atoms with Crippen molar-refractivity contribution in [1.29, 1.82) is 0 Å². The lowest BCUT2D eigenvalue weighted by atomic mass is 9.92. The molecule has 3 rings (SSSR count). The van der Waals surface area contributed by atoms with Crippen LogP contribution in [0.2, 0.25) is 0 Å². The number of carbonyl (C=O) groups is 1. The molecule has 1 aliphatic carbocycles. The number of non-ortho nitro benzene ring substituents is 1. The van der Waals surface area contributed by atoms with Crippen LogP contribution >= 0.6 is 0 Å². The quantitative estimate of drug-likeness (QED) is 0.420. The number of amides is 1. The molecule has 0 aromatic heterocycles. The maximum atomic E-state index is 12.2. The topological polar surface area (TPSA) is 96.3 Å². The Balaban J connectivity index is 1.37. The van der Waals surface area contributed by atoms with Crippen LogP contribution < -0.4 is 16.0 Å². The molecule has 1 aromatic rings. The Kier molecular flexibility index (Phi) is 4.47. The Morgan fingerprint density at radius 1 is 1.26 bits per heavy atom. The first kappa shape index (κ1) is 15.7. The van der Waals surface area contributed by atoms with Crippen LogP contribution in [0.25, 0.3) is 0 Å². The summed E-state index contributed by atoms with van der Waals surface area (Å²) in [4.78, 5) is 22.3. The fraction of sp³-hybridized carbons (Fsp3) is 0.562. The molecule has 1 aliphatic heterocycles. The van der Waals surface area contributed by atoms with Crippen molar-refractivity contribution < 1.29 is 9.72 Å². The van der Waals surface area contributed by atoms with Crippen LogP contribution in [0.1, 0.15) is 19.3 Å². The average Bonchev–Trinajstić information content (AvgIpc) is 3.25. The van der Waals surface area contributed by atoms with E-state index in [0.29, 0.717) is 13.1 Å². The molecule has 7 nitrogen and oxygen atoms in total. The SMILES string of the molecule is O=C(NCCNc1ccc([N+](=O)[O-])cc1)C1CC12CCNCC2. The maximum absolute atomic E-state index is 12.2. The number of piperidine rings is 1. The fourth-order valence-corrected chi connectivity index (χ4v) is 3.41. The van der Waals surface area contributed by atoms with E-state index < -0.39 is 4.92 Å². The third-order valence-electron chi connectivity index (χ3n) is 4.94. The summed E-state index contributed by atoms with van der Waals surface area (Å²) in [5.41, 5.74) is 1.15. The molecule has 7 heteroatoms. The summed E-state index contributed by atoms with van der Waals surface area (Å²) in [6.45, 7) is 3.20. The molecule has 2 aliphatic rings. The molecule has 23 heavy (non-hydrogen) atoms. The molecule has 1 atom stereocenters. The Morgan fingerprint density at radius 2 is 1.96 bits per heavy atom. The highest BCUT2D eigenvalue weighted by Gasteiger charge is 2.57. The van der Waals surface area contributed by atoms with E-state index in [-0.39, 0.29) is 22.9 Å². The van der Waals surface area contributed by atoms with Crippen LogP contribution in [0.5, 0.6) is 0 Å². The molecule has 1 aromatic carbocycles. The number of benzene rings is 1. The number of nitrogens with zero attached hydrogens (tertiary/aromatic N) is 1. The largest absolute Gasteiger partial charge is 0.383 e. The molecule has 1 spiro atoms. The summed E-state index contributed by atoms with van der Waals surface area (Å²) in [5.74, 6) is 0.348. The molecule has 3 N–H and O–H groups in total. The molecule has 1 unspecified atom stereocenters. The van der Waals surface area contributed by atoms with Crippen molar-refractivity contribution in [3.8, 4) is 0 Å². The molecule has 124 valence electrons. The normalized spacial score (nSPS) is 21.7. The lowest BCUT2D eigenvalue weighted by molar-refractivity contribution is -0.384. The minimum Gasteiger partial charge on any atom is -0.383 e. The van der Waals surface area contributed by atoms with Gasteiger partial charge in [0.15, 0.2) is 0 Å². The van der Waals surface area contributed by atoms with Crippen molar-refractivity contribution in [3.05, 3.63) is 34.4 Å². The lowest BCUT2D eigenvalue weighted by Gasteiger charge is -2.23. The van der Waals surface area contributed by atoms with Crippen molar-refractivity contribution in [2.75, 3.05) is 31.5 Å². The van der Waals surface area contributed by atoms with E-state index in [4.69, 9.17) is 0 Å². The number of carbonyl (C=O) groups excluding carboxylic acids is 1. The molecule has 0 radical (unpaired) electrons. The van der Waals surface area contributed by atoms with E-state index in [2.05, 4.69) is 16.0 Å². The summed E-state index contributed by atoms with van der Waals surface area (Å²) in [7, 11) is 0. The van der Waals surface area contributed by atoms with Gasteiger partial charge in [0.2, 0.25) is 5.91 Å². The first-order valence-electron chi connectivity index (χ1n) is 8.07. The predicted octanol–water partition coefficient (Wildman–Crippen LogP) is 1.51. The zero-order chi connectivity index (χ0) is 16.3. The van der Waals surface area contributed by atoms with Gasteiger partial charge in [0, 0.05) is 36.8 Å². The molecule has 2 fully saturated rings. The summed E-state index contributed by atoms with van der Waals surface area (Å²) in [5, 5.41) is 20.1. The number of anilines is 1. The molecule has 0 bridgehead atoms. The molecule has 1 saturated carbocycles. The van der Waals surface area contributed by atoms with E-state index in [1.807, 2.05) is 0 Å². The Bertz CT molecular complexity index is 581. The van der Waals surface area contributed by atoms with Crippen molar-refractivity contribution in [1.82, 2.24) is 10.6 Å². The minimum atomic E-state index is -0.420. The maximum Gasteiger partial charge on any atom is 0.269 e. The Morgan fingerprint density at radius 3 is 2.61 bits per heavy atom. The van der Waals surface area contributed by atoms with Gasteiger partial charge in [-0.05, 0) is 49.9 Å². The Hall–Kier alpha value is -2.15. The van der Waals surface area contributed by atoms with Crippen LogP contribution in [-0.4, -0.2) is 37.0 Å². The van der Waals surface area contributed by atoms with Crippen LogP contribution in [0.3, 0.4) is 0 Å². The third-order valence-corrected chi connectivity index (χ3v) is 4.94. The number of nitro benzene ring substituents is 1. The highest BCUT2D eigenvalue weighted by Crippen LogP contribution is 2.58. The molecular weight excluding hydrogens is 296 g/mol. The van der Waals surface area contributed by atoms with Gasteiger partial charge in [-0.15, -0.1) is 0 Å². The molecule has 1 heterocycles. The van der Waals surface area contributed by atoms with Gasteiger partial charge in [-0.25, -0.2) is 0 Å². The first-order valence-corrected chi connectivity index (χ1v) is 8.07. The summed E-state index contributed by atoms with van der Waals surface area (Å²) in [6.07, 6.45) is 3.23. The van der Waals surface area contributed by atoms with E-state index >= 15 is 0 Å². The molecule has 1 amide bonds. The number of nitro groups is 1. The van der Waals surface area contributed by atoms with Crippen LogP contribution in [-0.2, 0) is 4.79 Å². The van der Waals surface area contributed by atoms with Crippen LogP contribution in [0.15, 0.2) is 24.3 Å². The van der Waals surface area contributed by atoms with E-state index in [0.717, 1.165) is 38.0 Å². The fourth-order valence-electron chi connectivity index (χ4n) is 3.41. The smallest absolute Gasteiger partial charge is 0.269 e. The first-order chi connectivity index (χ1) is 11.1. The van der Waals surface area contributed by atoms with E-state index in [1.165, 1.54) is 12.1 Å². The van der Waals surface area contributed by atoms with Gasteiger partial charge < -0.3 is 16.0 Å². The lowest BCUT2D eigenvalue weighted by Crippen LogP contribution is -2.35. The second-order valence-corrected chi connectivity index (χ2v) is 6.39. The second kappa shape index (κ2) is 6.54. The van der Waals surface area contributed by atoms with Gasteiger partial charge in [-0.2, -0.15) is 0 Å². The monoisotopic (exact) mass is 318 g/mol. The number of rotatable bonds is 6. The minimum absolute atomic E-state index is 0.0739. The van der Waals surface area contributed by atoms with Gasteiger partial charge >= 0.3 is 0 Å². The summed E-state index contributed by atoms with van der Waals surface area (Å²) in [6, 6.07) is 6.27. The standard InChI is InChI=1S/C16H22N4O3/c21-15(14-11-16(14)5-7-17-8-6-16)19-10-9-18-12-1-3-13(4-2-12)20(22)23/h1-4,14,17-18H,5-11H2,(H,19,21). The van der Waals surface area contributed by atoms with E-state index in [9.17, 15) is 14.9 Å². The van der Waals surface area contributed by atoms with Crippen LogP contribution in [0.4, 0.5) is 11.4 Å². The predicted molar refractivity (Wildman–Crippen MR) is 87.2 cm³/mol.